The van der Waals surface area contributed by atoms with E-state index < -0.39 is 5.82 Å². The van der Waals surface area contributed by atoms with Gasteiger partial charge in [0.05, 0.1) is 5.56 Å². The minimum atomic E-state index is -0.494. The van der Waals surface area contributed by atoms with Crippen LogP contribution in [0.5, 0.6) is 0 Å². The molecule has 2 rings (SSSR count). The van der Waals surface area contributed by atoms with Gasteiger partial charge in [-0.3, -0.25) is 9.78 Å². The lowest BCUT2D eigenvalue weighted by Gasteiger charge is -2.05. The summed E-state index contributed by atoms with van der Waals surface area (Å²) in [5.41, 5.74) is 6.44. The van der Waals surface area contributed by atoms with Gasteiger partial charge in [-0.25, -0.2) is 4.39 Å². The number of nitrogens with one attached hydrogen (secondary N) is 1. The van der Waals surface area contributed by atoms with E-state index in [-0.39, 0.29) is 11.6 Å². The molecule has 4 nitrogen and oxygen atoms in total. The first-order valence-electron chi connectivity index (χ1n) is 4.92. The molecule has 86 valence electrons. The molecule has 0 saturated heterocycles. The van der Waals surface area contributed by atoms with E-state index in [9.17, 15) is 9.18 Å². The van der Waals surface area contributed by atoms with Crippen LogP contribution < -0.4 is 11.1 Å². The number of benzene rings is 1. The van der Waals surface area contributed by atoms with Crippen molar-refractivity contribution in [2.75, 3.05) is 11.1 Å². The number of nitrogens with two attached hydrogens (primary N) is 1. The molecule has 0 fully saturated rings. The molecule has 1 heterocycles. The second kappa shape index (κ2) is 4.61. The monoisotopic (exact) mass is 231 g/mol. The molecule has 0 bridgehead atoms. The van der Waals surface area contributed by atoms with Crippen molar-refractivity contribution in [3.05, 3.63) is 54.1 Å². The predicted molar refractivity (Wildman–Crippen MR) is 63.0 cm³/mol. The highest BCUT2D eigenvalue weighted by Crippen LogP contribution is 2.16. The van der Waals surface area contributed by atoms with Crippen molar-refractivity contribution in [3.63, 3.8) is 0 Å². The minimum Gasteiger partial charge on any atom is -0.399 e. The summed E-state index contributed by atoms with van der Waals surface area (Å²) in [6, 6.07) is 7.13. The molecule has 2 aromatic rings. The fraction of sp³-hybridized carbons (Fsp3) is 0. The minimum absolute atomic E-state index is 0.256. The van der Waals surface area contributed by atoms with E-state index in [0.717, 1.165) is 0 Å². The van der Waals surface area contributed by atoms with E-state index >= 15 is 0 Å². The molecule has 0 saturated carbocycles. The molecule has 0 aliphatic rings. The maximum atomic E-state index is 13.0. The fourth-order valence-electron chi connectivity index (χ4n) is 1.38. The van der Waals surface area contributed by atoms with E-state index in [1.165, 1.54) is 24.4 Å². The van der Waals surface area contributed by atoms with Crippen LogP contribution >= 0.6 is 0 Å². The number of anilines is 2. The van der Waals surface area contributed by atoms with Crippen molar-refractivity contribution in [2.45, 2.75) is 0 Å². The van der Waals surface area contributed by atoms with E-state index in [0.29, 0.717) is 11.3 Å². The van der Waals surface area contributed by atoms with Crippen LogP contribution in [-0.4, -0.2) is 10.9 Å². The van der Waals surface area contributed by atoms with E-state index in [4.69, 9.17) is 5.73 Å². The smallest absolute Gasteiger partial charge is 0.257 e. The van der Waals surface area contributed by atoms with Gasteiger partial charge in [0.15, 0.2) is 0 Å². The third-order valence-electron chi connectivity index (χ3n) is 2.10. The van der Waals surface area contributed by atoms with Crippen molar-refractivity contribution in [2.24, 2.45) is 0 Å². The molecular formula is C12H10FN3O. The number of hydrogen-bond acceptors (Lipinski definition) is 3. The Morgan fingerprint density at radius 3 is 2.82 bits per heavy atom. The van der Waals surface area contributed by atoms with Crippen LogP contribution in [0.3, 0.4) is 0 Å². The van der Waals surface area contributed by atoms with Gasteiger partial charge in [0.1, 0.15) is 5.82 Å². The van der Waals surface area contributed by atoms with Crippen molar-refractivity contribution in [1.29, 1.82) is 0 Å². The van der Waals surface area contributed by atoms with Gasteiger partial charge in [0.2, 0.25) is 0 Å². The van der Waals surface area contributed by atoms with Crippen molar-refractivity contribution in [3.8, 4) is 0 Å². The Labute approximate surface area is 97.3 Å². The van der Waals surface area contributed by atoms with Gasteiger partial charge >= 0.3 is 0 Å². The van der Waals surface area contributed by atoms with Crippen LogP contribution in [0.15, 0.2) is 42.7 Å². The van der Waals surface area contributed by atoms with Crippen LogP contribution in [0.1, 0.15) is 10.4 Å². The first-order valence-corrected chi connectivity index (χ1v) is 4.92. The first kappa shape index (κ1) is 11.1. The SMILES string of the molecule is Nc1cc(F)cc(NC(=O)c2cccnc2)c1. The molecule has 0 aliphatic carbocycles. The molecule has 0 unspecified atom stereocenters. The van der Waals surface area contributed by atoms with Gasteiger partial charge in [-0.2, -0.15) is 0 Å². The number of carbonyl (C=O) groups is 1. The van der Waals surface area contributed by atoms with Crippen LogP contribution in [-0.2, 0) is 0 Å². The molecule has 1 aromatic heterocycles. The third-order valence-corrected chi connectivity index (χ3v) is 2.10. The lowest BCUT2D eigenvalue weighted by atomic mass is 10.2. The fourth-order valence-corrected chi connectivity index (χ4v) is 1.38. The summed E-state index contributed by atoms with van der Waals surface area (Å²) in [6.07, 6.45) is 2.99. The Morgan fingerprint density at radius 1 is 1.35 bits per heavy atom. The topological polar surface area (TPSA) is 68.0 Å². The maximum absolute atomic E-state index is 13.0. The zero-order valence-electron chi connectivity index (χ0n) is 8.85. The van der Waals surface area contributed by atoms with Crippen LogP contribution in [0.4, 0.5) is 15.8 Å². The standard InChI is InChI=1S/C12H10FN3O/c13-9-4-10(14)6-11(5-9)16-12(17)8-2-1-3-15-7-8/h1-7H,14H2,(H,16,17). The summed E-state index contributed by atoms with van der Waals surface area (Å²) in [4.78, 5) is 15.5. The molecule has 1 amide bonds. The maximum Gasteiger partial charge on any atom is 0.257 e. The number of carbonyl (C=O) groups excluding carboxylic acids is 1. The number of halogens is 1. The summed E-state index contributed by atoms with van der Waals surface area (Å²) in [6.45, 7) is 0. The van der Waals surface area contributed by atoms with E-state index in [2.05, 4.69) is 10.3 Å². The molecule has 1 aromatic carbocycles. The number of amides is 1. The molecule has 0 aliphatic heterocycles. The quantitative estimate of drug-likeness (QED) is 0.777. The lowest BCUT2D eigenvalue weighted by molar-refractivity contribution is 0.102. The number of aromatic nitrogens is 1. The summed E-state index contributed by atoms with van der Waals surface area (Å²) in [7, 11) is 0. The first-order chi connectivity index (χ1) is 8.15. The predicted octanol–water partition coefficient (Wildman–Crippen LogP) is 2.06. The van der Waals surface area contributed by atoms with Crippen LogP contribution in [0.2, 0.25) is 0 Å². The average molecular weight is 231 g/mol. The second-order valence-electron chi connectivity index (χ2n) is 3.47. The Hall–Kier alpha value is -2.43. The number of hydrogen-bond donors (Lipinski definition) is 2. The summed E-state index contributed by atoms with van der Waals surface area (Å²) in [5.74, 6) is -0.852. The van der Waals surface area contributed by atoms with Crippen LogP contribution in [0.25, 0.3) is 0 Å². The Balaban J connectivity index is 2.19. The molecular weight excluding hydrogens is 221 g/mol. The lowest BCUT2D eigenvalue weighted by Crippen LogP contribution is -2.12. The number of nitrogen functional groups attached to an aromatic ring is 1. The van der Waals surface area contributed by atoms with E-state index in [1.807, 2.05) is 0 Å². The molecule has 5 heteroatoms. The zero-order valence-corrected chi connectivity index (χ0v) is 8.85. The Bertz CT molecular complexity index is 522. The summed E-state index contributed by atoms with van der Waals surface area (Å²) < 4.78 is 13.0. The Kier molecular flexibility index (Phi) is 3.00. The molecule has 3 N–H and O–H groups in total. The average Bonchev–Trinajstić information content (AvgIpc) is 2.28. The summed E-state index contributed by atoms with van der Waals surface area (Å²) >= 11 is 0. The van der Waals surface area contributed by atoms with Gasteiger partial charge in [-0.05, 0) is 30.3 Å². The highest BCUT2D eigenvalue weighted by Gasteiger charge is 2.06. The zero-order chi connectivity index (χ0) is 12.3. The largest absolute Gasteiger partial charge is 0.399 e. The van der Waals surface area contributed by atoms with Gasteiger partial charge in [-0.15, -0.1) is 0 Å². The molecule has 0 atom stereocenters. The molecule has 0 spiro atoms. The van der Waals surface area contributed by atoms with Crippen molar-refractivity contribution >= 4 is 17.3 Å². The number of rotatable bonds is 2. The van der Waals surface area contributed by atoms with Gasteiger partial charge in [0.25, 0.3) is 5.91 Å². The Morgan fingerprint density at radius 2 is 2.18 bits per heavy atom. The molecule has 0 radical (unpaired) electrons. The normalized spacial score (nSPS) is 9.94. The molecule has 17 heavy (non-hydrogen) atoms. The van der Waals surface area contributed by atoms with Crippen LogP contribution in [0, 0.1) is 5.82 Å². The van der Waals surface area contributed by atoms with Gasteiger partial charge in [0, 0.05) is 23.8 Å². The third kappa shape index (κ3) is 2.78. The summed E-state index contributed by atoms with van der Waals surface area (Å²) in [5, 5.41) is 2.54. The highest BCUT2D eigenvalue weighted by atomic mass is 19.1. The second-order valence-corrected chi connectivity index (χ2v) is 3.47. The number of nitrogens with zero attached hydrogens (tertiary/aromatic N) is 1. The van der Waals surface area contributed by atoms with Crippen molar-refractivity contribution in [1.82, 2.24) is 4.98 Å². The van der Waals surface area contributed by atoms with Gasteiger partial charge < -0.3 is 11.1 Å². The highest BCUT2D eigenvalue weighted by molar-refractivity contribution is 6.04. The van der Waals surface area contributed by atoms with Gasteiger partial charge in [-0.1, -0.05) is 0 Å². The number of pyridine rings is 1. The van der Waals surface area contributed by atoms with Crippen molar-refractivity contribution < 1.29 is 9.18 Å². The van der Waals surface area contributed by atoms with E-state index in [1.54, 1.807) is 18.3 Å².